The van der Waals surface area contributed by atoms with Gasteiger partial charge in [-0.15, -0.1) is 0 Å². The maximum atomic E-state index is 12.0. The fraction of sp³-hybridized carbons (Fsp3) is 0.864. The predicted molar refractivity (Wildman–Crippen MR) is 113 cm³/mol. The van der Waals surface area contributed by atoms with Crippen molar-refractivity contribution < 1.29 is 28.6 Å². The second-order valence-corrected chi connectivity index (χ2v) is 9.47. The highest BCUT2D eigenvalue weighted by molar-refractivity contribution is 5.80. The minimum atomic E-state index is -0.565. The van der Waals surface area contributed by atoms with Crippen molar-refractivity contribution in [2.45, 2.75) is 97.7 Å². The number of hydrogen-bond donors (Lipinski definition) is 0. The van der Waals surface area contributed by atoms with Gasteiger partial charge in [0.05, 0.1) is 19.4 Å². The van der Waals surface area contributed by atoms with E-state index in [0.29, 0.717) is 13.0 Å². The molecule has 0 unspecified atom stereocenters. The summed E-state index contributed by atoms with van der Waals surface area (Å²) in [5, 5.41) is 0. The van der Waals surface area contributed by atoms with Crippen LogP contribution >= 0.6 is 0 Å². The van der Waals surface area contributed by atoms with Gasteiger partial charge in [0.15, 0.2) is 0 Å². The molecule has 0 aliphatic rings. The average molecular weight is 416 g/mol. The largest absolute Gasteiger partial charge is 0.469 e. The highest BCUT2D eigenvalue weighted by Gasteiger charge is 2.25. The Hall–Kier alpha value is -1.79. The van der Waals surface area contributed by atoms with Crippen LogP contribution in [0.3, 0.4) is 0 Å². The maximum absolute atomic E-state index is 12.0. The molecule has 1 amide bonds. The quantitative estimate of drug-likeness (QED) is 0.276. The van der Waals surface area contributed by atoms with Crippen molar-refractivity contribution in [3.8, 4) is 0 Å². The van der Waals surface area contributed by atoms with Crippen molar-refractivity contribution >= 4 is 18.0 Å². The molecule has 0 aliphatic heterocycles. The van der Waals surface area contributed by atoms with Gasteiger partial charge in [-0.3, -0.25) is 9.59 Å². The first-order valence-electron chi connectivity index (χ1n) is 10.5. The Balaban J connectivity index is 4.11. The van der Waals surface area contributed by atoms with Crippen LogP contribution in [0.4, 0.5) is 4.79 Å². The fourth-order valence-corrected chi connectivity index (χ4v) is 2.76. The van der Waals surface area contributed by atoms with Gasteiger partial charge in [0.2, 0.25) is 0 Å². The molecule has 0 saturated heterocycles. The predicted octanol–water partition coefficient (Wildman–Crippen LogP) is 4.71. The van der Waals surface area contributed by atoms with Crippen LogP contribution in [0.5, 0.6) is 0 Å². The van der Waals surface area contributed by atoms with Crippen molar-refractivity contribution in [3.05, 3.63) is 0 Å². The van der Waals surface area contributed by atoms with Gasteiger partial charge in [0.25, 0.3) is 0 Å². The number of ether oxygens (including phenoxy) is 3. The summed E-state index contributed by atoms with van der Waals surface area (Å²) >= 11 is 0. The molecule has 0 aromatic rings. The minimum Gasteiger partial charge on any atom is -0.469 e. The van der Waals surface area contributed by atoms with Gasteiger partial charge in [-0.05, 0) is 54.4 Å². The monoisotopic (exact) mass is 415 g/mol. The molecular weight excluding hydrogens is 374 g/mol. The van der Waals surface area contributed by atoms with Crippen molar-refractivity contribution in [2.75, 3.05) is 20.7 Å². The third-order valence-corrected chi connectivity index (χ3v) is 4.12. The molecule has 170 valence electrons. The van der Waals surface area contributed by atoms with Gasteiger partial charge in [0, 0.05) is 13.6 Å². The summed E-state index contributed by atoms with van der Waals surface area (Å²) in [6.07, 6.45) is 5.02. The zero-order valence-corrected chi connectivity index (χ0v) is 19.6. The zero-order valence-electron chi connectivity index (χ0n) is 19.6. The molecule has 0 aliphatic carbocycles. The number of carbonyl (C=O) groups is 3. The molecule has 0 aromatic carbocycles. The number of hydrogen-bond acceptors (Lipinski definition) is 6. The highest BCUT2D eigenvalue weighted by atomic mass is 16.6. The molecular formula is C22H41NO6. The van der Waals surface area contributed by atoms with Crippen LogP contribution in [0, 0.1) is 5.92 Å². The van der Waals surface area contributed by atoms with Crippen molar-refractivity contribution in [1.82, 2.24) is 4.90 Å². The van der Waals surface area contributed by atoms with E-state index in [0.717, 1.165) is 32.1 Å². The van der Waals surface area contributed by atoms with Gasteiger partial charge >= 0.3 is 18.0 Å². The summed E-state index contributed by atoms with van der Waals surface area (Å²) in [6.45, 7) is 11.6. The fourth-order valence-electron chi connectivity index (χ4n) is 2.76. The molecule has 0 saturated carbocycles. The van der Waals surface area contributed by atoms with Crippen LogP contribution in [0.15, 0.2) is 0 Å². The Morgan fingerprint density at radius 1 is 0.828 bits per heavy atom. The lowest BCUT2D eigenvalue weighted by Crippen LogP contribution is -2.34. The lowest BCUT2D eigenvalue weighted by molar-refractivity contribution is -0.160. The lowest BCUT2D eigenvalue weighted by atomic mass is 9.97. The Bertz CT molecular complexity index is 518. The van der Waals surface area contributed by atoms with E-state index in [-0.39, 0.29) is 24.5 Å². The number of amides is 1. The van der Waals surface area contributed by atoms with Gasteiger partial charge in [-0.2, -0.15) is 0 Å². The maximum Gasteiger partial charge on any atom is 0.410 e. The molecule has 0 spiro atoms. The van der Waals surface area contributed by atoms with Gasteiger partial charge in [-0.1, -0.05) is 25.7 Å². The molecule has 29 heavy (non-hydrogen) atoms. The van der Waals surface area contributed by atoms with Crippen molar-refractivity contribution in [2.24, 2.45) is 5.92 Å². The Labute approximate surface area is 176 Å². The Morgan fingerprint density at radius 2 is 1.34 bits per heavy atom. The summed E-state index contributed by atoms with van der Waals surface area (Å²) in [7, 11) is 3.08. The minimum absolute atomic E-state index is 0.0463. The number of esters is 2. The number of rotatable bonds is 11. The second kappa shape index (κ2) is 12.7. The van der Waals surface area contributed by atoms with Crippen LogP contribution in [-0.2, 0) is 23.8 Å². The molecule has 0 bridgehead atoms. The van der Waals surface area contributed by atoms with Crippen LogP contribution < -0.4 is 0 Å². The normalized spacial score (nSPS) is 12.8. The van der Waals surface area contributed by atoms with E-state index in [1.54, 1.807) is 32.7 Å². The van der Waals surface area contributed by atoms with E-state index in [2.05, 4.69) is 0 Å². The number of carbonyl (C=O) groups excluding carboxylic acids is 3. The SMILES string of the molecule is COC(=O)[C@H](CCCCCCCN(C)C(=O)OC(C)(C)C)CC(=O)OC(C)(C)C. The first-order valence-corrected chi connectivity index (χ1v) is 10.5. The smallest absolute Gasteiger partial charge is 0.410 e. The van der Waals surface area contributed by atoms with Gasteiger partial charge in [0.1, 0.15) is 11.2 Å². The molecule has 7 nitrogen and oxygen atoms in total. The van der Waals surface area contributed by atoms with Crippen molar-refractivity contribution in [1.29, 1.82) is 0 Å². The average Bonchev–Trinajstić information content (AvgIpc) is 2.55. The molecule has 0 radical (unpaired) electrons. The number of methoxy groups -OCH3 is 1. The van der Waals surface area contributed by atoms with Gasteiger partial charge in [-0.25, -0.2) is 4.79 Å². The molecule has 0 fully saturated rings. The third-order valence-electron chi connectivity index (χ3n) is 4.12. The summed E-state index contributed by atoms with van der Waals surface area (Å²) in [4.78, 5) is 37.4. The molecule has 0 heterocycles. The molecule has 0 aromatic heterocycles. The van der Waals surface area contributed by atoms with Gasteiger partial charge < -0.3 is 19.1 Å². The Kier molecular flexibility index (Phi) is 11.9. The first kappa shape index (κ1) is 27.2. The van der Waals surface area contributed by atoms with Crippen LogP contribution in [-0.4, -0.2) is 54.8 Å². The van der Waals surface area contributed by atoms with Crippen molar-refractivity contribution in [3.63, 3.8) is 0 Å². The van der Waals surface area contributed by atoms with Crippen LogP contribution in [0.25, 0.3) is 0 Å². The summed E-state index contributed by atoms with van der Waals surface area (Å²) in [5.41, 5.74) is -1.05. The second-order valence-electron chi connectivity index (χ2n) is 9.47. The Morgan fingerprint density at radius 3 is 1.86 bits per heavy atom. The summed E-state index contributed by atoms with van der Waals surface area (Å²) in [5.74, 6) is -1.21. The summed E-state index contributed by atoms with van der Waals surface area (Å²) < 4.78 is 15.5. The van der Waals surface area contributed by atoms with Crippen LogP contribution in [0.1, 0.15) is 86.5 Å². The van der Waals surface area contributed by atoms with E-state index in [4.69, 9.17) is 14.2 Å². The molecule has 0 N–H and O–H groups in total. The first-order chi connectivity index (χ1) is 13.2. The molecule has 7 heteroatoms. The van der Waals surface area contributed by atoms with E-state index in [1.165, 1.54) is 7.11 Å². The topological polar surface area (TPSA) is 82.1 Å². The van der Waals surface area contributed by atoms with E-state index < -0.39 is 17.1 Å². The number of nitrogens with zero attached hydrogens (tertiary/aromatic N) is 1. The zero-order chi connectivity index (χ0) is 22.7. The van der Waals surface area contributed by atoms with E-state index in [1.807, 2.05) is 20.8 Å². The lowest BCUT2D eigenvalue weighted by Gasteiger charge is -2.24. The summed E-state index contributed by atoms with van der Waals surface area (Å²) in [6, 6.07) is 0. The number of unbranched alkanes of at least 4 members (excludes halogenated alkanes) is 4. The molecule has 1 atom stereocenters. The van der Waals surface area contributed by atoms with E-state index in [9.17, 15) is 14.4 Å². The standard InChI is InChI=1S/C22H41NO6/c1-21(2,3)28-18(24)16-17(19(25)27-8)14-12-10-9-11-13-15-23(7)20(26)29-22(4,5)6/h17H,9-16H2,1-8H3/t17-/m1/s1. The highest BCUT2D eigenvalue weighted by Crippen LogP contribution is 2.19. The molecule has 0 rings (SSSR count). The van der Waals surface area contributed by atoms with Crippen LogP contribution in [0.2, 0.25) is 0 Å². The van der Waals surface area contributed by atoms with E-state index >= 15 is 0 Å². The third kappa shape index (κ3) is 14.8.